The number of amides is 1. The molecule has 2 bridgehead atoms. The average Bonchev–Trinajstić information content (AvgIpc) is 2.82. The van der Waals surface area contributed by atoms with Gasteiger partial charge in [0.15, 0.2) is 0 Å². The lowest BCUT2D eigenvalue weighted by Gasteiger charge is -2.64. The van der Waals surface area contributed by atoms with Crippen LogP contribution in [0.1, 0.15) is 66.4 Å². The van der Waals surface area contributed by atoms with E-state index in [4.69, 9.17) is 4.74 Å². The van der Waals surface area contributed by atoms with Crippen molar-refractivity contribution >= 4 is 11.9 Å². The van der Waals surface area contributed by atoms with E-state index in [-0.39, 0.29) is 24.0 Å². The molecule has 1 saturated heterocycles. The van der Waals surface area contributed by atoms with Gasteiger partial charge < -0.3 is 19.8 Å². The van der Waals surface area contributed by atoms with Crippen LogP contribution in [0, 0.1) is 5.92 Å². The number of esters is 1. The van der Waals surface area contributed by atoms with Crippen LogP contribution in [0.4, 0.5) is 0 Å². The number of hydrogen-bond donors (Lipinski definition) is 2. The third-order valence-corrected chi connectivity index (χ3v) is 8.92. The van der Waals surface area contributed by atoms with Crippen molar-refractivity contribution in [2.24, 2.45) is 5.92 Å². The van der Waals surface area contributed by atoms with Crippen molar-refractivity contribution in [3.63, 3.8) is 0 Å². The number of piperidine rings is 1. The molecule has 0 spiro atoms. The lowest BCUT2D eigenvalue weighted by atomic mass is 9.49. The maximum Gasteiger partial charge on any atom is 0.343 e. The minimum atomic E-state index is -0.989. The van der Waals surface area contributed by atoms with Gasteiger partial charge in [-0.2, -0.15) is 0 Å². The molecule has 3 aliphatic carbocycles. The summed E-state index contributed by atoms with van der Waals surface area (Å²) >= 11 is 0. The monoisotopic (exact) mass is 461 g/mol. The highest BCUT2D eigenvalue weighted by Gasteiger charge is 2.64. The van der Waals surface area contributed by atoms with Crippen LogP contribution in [0.5, 0.6) is 5.75 Å². The predicted octanol–water partition coefficient (Wildman–Crippen LogP) is 3.38. The molecule has 1 unspecified atom stereocenters. The molecular weight excluding hydrogens is 430 g/mol. The van der Waals surface area contributed by atoms with Crippen LogP contribution in [0.15, 0.2) is 48.5 Å². The number of aliphatic hydroxyl groups is 2. The van der Waals surface area contributed by atoms with E-state index >= 15 is 0 Å². The highest BCUT2D eigenvalue weighted by Crippen LogP contribution is 2.58. The van der Waals surface area contributed by atoms with E-state index in [1.165, 1.54) is 0 Å². The van der Waals surface area contributed by atoms with E-state index in [2.05, 4.69) is 0 Å². The lowest BCUT2D eigenvalue weighted by Crippen LogP contribution is -2.73. The zero-order valence-electron chi connectivity index (χ0n) is 19.3. The van der Waals surface area contributed by atoms with Crippen molar-refractivity contribution in [1.29, 1.82) is 0 Å². The molecular formula is C28H31NO5. The molecule has 2 saturated carbocycles. The molecule has 0 radical (unpaired) electrons. The van der Waals surface area contributed by atoms with Gasteiger partial charge >= 0.3 is 5.97 Å². The van der Waals surface area contributed by atoms with Gasteiger partial charge in [0, 0.05) is 17.9 Å². The van der Waals surface area contributed by atoms with Gasteiger partial charge in [-0.25, -0.2) is 4.79 Å². The first-order valence-electron chi connectivity index (χ1n) is 12.5. The molecule has 3 atom stereocenters. The Morgan fingerprint density at radius 3 is 2.53 bits per heavy atom. The highest BCUT2D eigenvalue weighted by molar-refractivity contribution is 5.91. The predicted molar refractivity (Wildman–Crippen MR) is 125 cm³/mol. The summed E-state index contributed by atoms with van der Waals surface area (Å²) < 4.78 is 5.73. The fourth-order valence-corrected chi connectivity index (χ4v) is 7.09. The molecule has 34 heavy (non-hydrogen) atoms. The van der Waals surface area contributed by atoms with Gasteiger partial charge in [0.25, 0.3) is 0 Å². The number of rotatable bonds is 3. The van der Waals surface area contributed by atoms with Gasteiger partial charge in [-0.1, -0.05) is 37.1 Å². The van der Waals surface area contributed by atoms with Crippen molar-refractivity contribution in [2.45, 2.75) is 74.5 Å². The summed E-state index contributed by atoms with van der Waals surface area (Å²) in [4.78, 5) is 27.9. The van der Waals surface area contributed by atoms with Gasteiger partial charge in [0.1, 0.15) is 5.75 Å². The van der Waals surface area contributed by atoms with Gasteiger partial charge in [0.2, 0.25) is 5.91 Å². The van der Waals surface area contributed by atoms with Crippen LogP contribution in [-0.4, -0.2) is 51.3 Å². The average molecular weight is 462 g/mol. The lowest BCUT2D eigenvalue weighted by molar-refractivity contribution is -0.184. The largest absolute Gasteiger partial charge is 0.423 e. The second-order valence-electron chi connectivity index (χ2n) is 10.6. The Bertz CT molecular complexity index is 1130. The highest BCUT2D eigenvalue weighted by atomic mass is 16.5. The Kier molecular flexibility index (Phi) is 5.08. The van der Waals surface area contributed by atoms with Gasteiger partial charge in [-0.15, -0.1) is 0 Å². The first kappa shape index (κ1) is 21.8. The summed E-state index contributed by atoms with van der Waals surface area (Å²) in [6, 6.07) is 14.5. The molecule has 178 valence electrons. The fraction of sp³-hybridized carbons (Fsp3) is 0.500. The molecule has 1 heterocycles. The standard InChI is InChI=1S/C28H31NO5/c30-21-14-20(15-21)25(31)29-13-12-27-10-4-5-11-28(27,33)24(29)16-19-8-9-22(17-23(19)27)34-26(32)18-6-2-1-3-7-18/h1-3,6-9,17,20-21,24,30,33H,4-5,10-16H2/t20?,21?,24?,27-,28+/m0/s1. The van der Waals surface area contributed by atoms with E-state index in [0.29, 0.717) is 50.0 Å². The minimum absolute atomic E-state index is 0.0831. The number of fused-ring (bicyclic) bond motifs is 1. The minimum Gasteiger partial charge on any atom is -0.423 e. The van der Waals surface area contributed by atoms with E-state index in [9.17, 15) is 19.8 Å². The van der Waals surface area contributed by atoms with Crippen molar-refractivity contribution in [1.82, 2.24) is 4.90 Å². The van der Waals surface area contributed by atoms with Crippen LogP contribution in [0.25, 0.3) is 0 Å². The molecule has 2 aromatic rings. The maximum atomic E-state index is 13.3. The van der Waals surface area contributed by atoms with Gasteiger partial charge in [0.05, 0.1) is 23.3 Å². The van der Waals surface area contributed by atoms with Crippen molar-refractivity contribution in [3.8, 4) is 5.75 Å². The molecule has 3 fully saturated rings. The Morgan fingerprint density at radius 2 is 1.76 bits per heavy atom. The molecule has 6 rings (SSSR count). The van der Waals surface area contributed by atoms with E-state index < -0.39 is 17.0 Å². The molecule has 6 heteroatoms. The number of nitrogens with zero attached hydrogens (tertiary/aromatic N) is 1. The summed E-state index contributed by atoms with van der Waals surface area (Å²) in [5, 5.41) is 22.0. The summed E-state index contributed by atoms with van der Waals surface area (Å²) in [6.07, 6.45) is 5.49. The number of ether oxygens (including phenoxy) is 1. The number of aliphatic hydroxyl groups excluding tert-OH is 1. The summed E-state index contributed by atoms with van der Waals surface area (Å²) in [5.41, 5.74) is 1.28. The first-order valence-corrected chi connectivity index (χ1v) is 12.5. The first-order chi connectivity index (χ1) is 16.4. The molecule has 1 amide bonds. The number of carbonyl (C=O) groups excluding carboxylic acids is 2. The number of likely N-dealkylation sites (tertiary alicyclic amines) is 1. The van der Waals surface area contributed by atoms with E-state index in [0.717, 1.165) is 30.4 Å². The zero-order chi connectivity index (χ0) is 23.5. The topological polar surface area (TPSA) is 87.1 Å². The summed E-state index contributed by atoms with van der Waals surface area (Å²) in [7, 11) is 0. The molecule has 2 N–H and O–H groups in total. The van der Waals surface area contributed by atoms with Gasteiger partial charge in [-0.3, -0.25) is 4.79 Å². The molecule has 1 aliphatic heterocycles. The van der Waals surface area contributed by atoms with Gasteiger partial charge in [-0.05, 0) is 73.9 Å². The fourth-order valence-electron chi connectivity index (χ4n) is 7.09. The number of benzene rings is 2. The molecule has 2 aromatic carbocycles. The van der Waals surface area contributed by atoms with Crippen molar-refractivity contribution in [2.75, 3.05) is 6.54 Å². The normalized spacial score (nSPS) is 33.8. The van der Waals surface area contributed by atoms with Crippen LogP contribution in [0.2, 0.25) is 0 Å². The van der Waals surface area contributed by atoms with E-state index in [1.54, 1.807) is 12.1 Å². The van der Waals surface area contributed by atoms with Crippen LogP contribution in [0.3, 0.4) is 0 Å². The quantitative estimate of drug-likeness (QED) is 0.541. The Morgan fingerprint density at radius 1 is 1.00 bits per heavy atom. The Balaban J connectivity index is 1.35. The molecule has 4 aliphatic rings. The number of carbonyl (C=O) groups is 2. The van der Waals surface area contributed by atoms with Crippen molar-refractivity contribution in [3.05, 3.63) is 65.2 Å². The van der Waals surface area contributed by atoms with Crippen LogP contribution >= 0.6 is 0 Å². The second kappa shape index (κ2) is 7.92. The summed E-state index contributed by atoms with van der Waals surface area (Å²) in [6.45, 7) is 0.617. The molecule has 6 nitrogen and oxygen atoms in total. The molecule has 0 aromatic heterocycles. The Labute approximate surface area is 199 Å². The maximum absolute atomic E-state index is 13.3. The third-order valence-electron chi connectivity index (χ3n) is 8.92. The SMILES string of the molecule is O=C(Oc1ccc2c(c1)[C@@]13CCCC[C@@]1(O)C(C2)N(C(=O)C1CC(O)C1)CC3)c1ccccc1. The smallest absolute Gasteiger partial charge is 0.343 e. The third kappa shape index (κ3) is 3.15. The zero-order valence-corrected chi connectivity index (χ0v) is 19.3. The Hall–Kier alpha value is -2.70. The second-order valence-corrected chi connectivity index (χ2v) is 10.6. The van der Waals surface area contributed by atoms with Crippen molar-refractivity contribution < 1.29 is 24.5 Å². The van der Waals surface area contributed by atoms with Crippen LogP contribution < -0.4 is 4.74 Å². The number of hydrogen-bond acceptors (Lipinski definition) is 5. The van der Waals surface area contributed by atoms with E-state index in [1.807, 2.05) is 41.3 Å². The summed E-state index contributed by atoms with van der Waals surface area (Å²) in [5.74, 6) is 0.0553. The van der Waals surface area contributed by atoms with Crippen LogP contribution in [-0.2, 0) is 16.6 Å².